The van der Waals surface area contributed by atoms with Crippen molar-refractivity contribution in [1.82, 2.24) is 0 Å². The van der Waals surface area contributed by atoms with Crippen LogP contribution in [0.2, 0.25) is 0 Å². The number of hydrogen-bond acceptors (Lipinski definition) is 1. The minimum absolute atomic E-state index is 0.312. The van der Waals surface area contributed by atoms with Gasteiger partial charge in [0.2, 0.25) is 0 Å². The van der Waals surface area contributed by atoms with Crippen molar-refractivity contribution < 1.29 is 0 Å². The first-order valence-corrected chi connectivity index (χ1v) is 12.0. The summed E-state index contributed by atoms with van der Waals surface area (Å²) in [5.41, 5.74) is 7.55. The molecule has 0 aliphatic rings. The first-order valence-electron chi connectivity index (χ1n) is 12.0. The number of unbranched alkanes of at least 4 members (excludes halogenated alkanes) is 3. The van der Waals surface area contributed by atoms with E-state index in [1.807, 2.05) is 6.08 Å². The van der Waals surface area contributed by atoms with Gasteiger partial charge in [0.25, 0.3) is 0 Å². The molecule has 0 saturated carbocycles. The molecule has 0 N–H and O–H groups in total. The minimum atomic E-state index is 0.312. The van der Waals surface area contributed by atoms with E-state index in [0.29, 0.717) is 6.04 Å². The summed E-state index contributed by atoms with van der Waals surface area (Å²) in [5.74, 6) is 0. The molecule has 1 nitrogen and oxygen atoms in total. The molecule has 0 saturated heterocycles. The highest BCUT2D eigenvalue weighted by Gasteiger charge is 2.19. The molecule has 1 atom stereocenters. The van der Waals surface area contributed by atoms with Gasteiger partial charge < -0.3 is 4.90 Å². The third kappa shape index (κ3) is 6.23. The summed E-state index contributed by atoms with van der Waals surface area (Å²) < 4.78 is 0. The van der Waals surface area contributed by atoms with E-state index >= 15 is 0 Å². The van der Waals surface area contributed by atoms with Crippen molar-refractivity contribution in [2.24, 2.45) is 0 Å². The lowest BCUT2D eigenvalue weighted by Gasteiger charge is -2.32. The topological polar surface area (TPSA) is 3.24 Å². The highest BCUT2D eigenvalue weighted by molar-refractivity contribution is 5.67. The molecule has 3 aromatic rings. The summed E-state index contributed by atoms with van der Waals surface area (Å²) in [6, 6.07) is 26.9. The fraction of sp³-hybridized carbons (Fsp3) is 0.290. The standard InChI is InChI=1S/C31H37N/c1-5-8-9-10-11-31(29-18-14-26(7-3)15-19-29)32(24-6-2)30-22-20-28(21-23-30)27-16-12-25(4)13-17-27/h6-7,12-24,31H,3,5,8-11H2,1-2,4H3/b24-6-. The number of benzene rings is 3. The van der Waals surface area contributed by atoms with Crippen molar-refractivity contribution >= 4 is 11.8 Å². The van der Waals surface area contributed by atoms with E-state index in [1.54, 1.807) is 0 Å². The smallest absolute Gasteiger partial charge is 0.0585 e. The maximum Gasteiger partial charge on any atom is 0.0585 e. The molecule has 0 heterocycles. The molecular formula is C31H37N. The molecule has 0 aliphatic carbocycles. The van der Waals surface area contributed by atoms with Crippen LogP contribution in [-0.4, -0.2) is 0 Å². The largest absolute Gasteiger partial charge is 0.341 e. The zero-order valence-electron chi connectivity index (χ0n) is 19.9. The van der Waals surface area contributed by atoms with Crippen molar-refractivity contribution in [2.45, 2.75) is 58.9 Å². The molecular weight excluding hydrogens is 386 g/mol. The summed E-state index contributed by atoms with van der Waals surface area (Å²) in [5, 5.41) is 0. The van der Waals surface area contributed by atoms with Gasteiger partial charge >= 0.3 is 0 Å². The fourth-order valence-electron chi connectivity index (χ4n) is 4.19. The van der Waals surface area contributed by atoms with Crippen LogP contribution in [0.25, 0.3) is 17.2 Å². The lowest BCUT2D eigenvalue weighted by atomic mass is 9.96. The molecule has 1 heteroatoms. The molecule has 3 aromatic carbocycles. The van der Waals surface area contributed by atoms with Crippen molar-refractivity contribution in [1.29, 1.82) is 0 Å². The number of anilines is 1. The monoisotopic (exact) mass is 423 g/mol. The average molecular weight is 424 g/mol. The lowest BCUT2D eigenvalue weighted by Crippen LogP contribution is -2.23. The fourth-order valence-corrected chi connectivity index (χ4v) is 4.19. The summed E-state index contributed by atoms with van der Waals surface area (Å²) in [7, 11) is 0. The van der Waals surface area contributed by atoms with E-state index in [1.165, 1.54) is 59.2 Å². The van der Waals surface area contributed by atoms with Gasteiger partial charge in [-0.1, -0.05) is 118 Å². The van der Waals surface area contributed by atoms with E-state index < -0.39 is 0 Å². The van der Waals surface area contributed by atoms with Crippen LogP contribution in [0.3, 0.4) is 0 Å². The Morgan fingerprint density at radius 2 is 1.44 bits per heavy atom. The maximum absolute atomic E-state index is 3.90. The Balaban J connectivity index is 1.90. The first-order chi connectivity index (χ1) is 15.7. The van der Waals surface area contributed by atoms with Crippen molar-refractivity contribution in [3.8, 4) is 11.1 Å². The molecule has 0 amide bonds. The number of aryl methyl sites for hydroxylation is 1. The van der Waals surface area contributed by atoms with Gasteiger partial charge in [0, 0.05) is 11.9 Å². The van der Waals surface area contributed by atoms with E-state index in [4.69, 9.17) is 0 Å². The van der Waals surface area contributed by atoms with Gasteiger partial charge in [-0.3, -0.25) is 0 Å². The van der Waals surface area contributed by atoms with Crippen LogP contribution in [0.4, 0.5) is 5.69 Å². The molecule has 0 fully saturated rings. The summed E-state index contributed by atoms with van der Waals surface area (Å²) >= 11 is 0. The third-order valence-electron chi connectivity index (χ3n) is 6.08. The predicted octanol–water partition coefficient (Wildman–Crippen LogP) is 9.36. The normalized spacial score (nSPS) is 12.1. The third-order valence-corrected chi connectivity index (χ3v) is 6.08. The van der Waals surface area contributed by atoms with Crippen LogP contribution in [0.1, 0.15) is 68.7 Å². The highest BCUT2D eigenvalue weighted by Crippen LogP contribution is 2.34. The van der Waals surface area contributed by atoms with Crippen LogP contribution in [0, 0.1) is 6.92 Å². The molecule has 0 spiro atoms. The van der Waals surface area contributed by atoms with Crippen LogP contribution in [-0.2, 0) is 0 Å². The summed E-state index contributed by atoms with van der Waals surface area (Å²) in [6.07, 6.45) is 12.5. The Morgan fingerprint density at radius 1 is 0.812 bits per heavy atom. The maximum atomic E-state index is 3.90. The van der Waals surface area contributed by atoms with Crippen molar-refractivity contribution in [3.05, 3.63) is 108 Å². The van der Waals surface area contributed by atoms with Crippen LogP contribution < -0.4 is 4.90 Å². The van der Waals surface area contributed by atoms with E-state index in [-0.39, 0.29) is 0 Å². The second-order valence-electron chi connectivity index (χ2n) is 8.54. The van der Waals surface area contributed by atoms with Crippen LogP contribution in [0.5, 0.6) is 0 Å². The molecule has 32 heavy (non-hydrogen) atoms. The Hall–Kier alpha value is -3.06. The first kappa shape index (κ1) is 23.6. The molecule has 0 bridgehead atoms. The average Bonchev–Trinajstić information content (AvgIpc) is 2.84. The van der Waals surface area contributed by atoms with E-state index in [9.17, 15) is 0 Å². The van der Waals surface area contributed by atoms with Gasteiger partial charge in [-0.2, -0.15) is 0 Å². The van der Waals surface area contributed by atoms with Crippen LogP contribution >= 0.6 is 0 Å². The van der Waals surface area contributed by atoms with Crippen molar-refractivity contribution in [3.63, 3.8) is 0 Å². The number of allylic oxidation sites excluding steroid dienone is 1. The zero-order valence-corrected chi connectivity index (χ0v) is 19.9. The molecule has 3 rings (SSSR count). The number of rotatable bonds is 11. The Labute approximate surface area is 195 Å². The lowest BCUT2D eigenvalue weighted by molar-refractivity contribution is 0.555. The van der Waals surface area contributed by atoms with Gasteiger partial charge in [0.05, 0.1) is 6.04 Å². The Morgan fingerprint density at radius 3 is 2.00 bits per heavy atom. The van der Waals surface area contributed by atoms with Gasteiger partial charge in [0.1, 0.15) is 0 Å². The van der Waals surface area contributed by atoms with Gasteiger partial charge in [-0.15, -0.1) is 0 Å². The van der Waals surface area contributed by atoms with E-state index in [0.717, 1.165) is 6.42 Å². The van der Waals surface area contributed by atoms with Crippen molar-refractivity contribution in [2.75, 3.05) is 4.90 Å². The highest BCUT2D eigenvalue weighted by atomic mass is 15.1. The molecule has 0 aliphatic heterocycles. The molecule has 0 aromatic heterocycles. The number of nitrogens with zero attached hydrogens (tertiary/aromatic N) is 1. The zero-order chi connectivity index (χ0) is 22.8. The van der Waals surface area contributed by atoms with E-state index in [2.05, 4.69) is 117 Å². The van der Waals surface area contributed by atoms with Gasteiger partial charge in [0.15, 0.2) is 0 Å². The van der Waals surface area contributed by atoms with Gasteiger partial charge in [-0.05, 0) is 54.7 Å². The SMILES string of the molecule is C=Cc1ccc(C(CCCCCC)N(/C=C\C)c2ccc(-c3ccc(C)cc3)cc2)cc1. The summed E-state index contributed by atoms with van der Waals surface area (Å²) in [6.45, 7) is 10.4. The Bertz CT molecular complexity index is 978. The van der Waals surface area contributed by atoms with Gasteiger partial charge in [-0.25, -0.2) is 0 Å². The second-order valence-corrected chi connectivity index (χ2v) is 8.54. The second kappa shape index (κ2) is 12.1. The van der Waals surface area contributed by atoms with Crippen LogP contribution in [0.15, 0.2) is 91.7 Å². The molecule has 0 radical (unpaired) electrons. The summed E-state index contributed by atoms with van der Waals surface area (Å²) in [4.78, 5) is 2.44. The molecule has 166 valence electrons. The minimum Gasteiger partial charge on any atom is -0.341 e. The molecule has 1 unspecified atom stereocenters. The quantitative estimate of drug-likeness (QED) is 0.278. The number of hydrogen-bond donors (Lipinski definition) is 0. The predicted molar refractivity (Wildman–Crippen MR) is 142 cm³/mol. The Kier molecular flexibility index (Phi) is 8.92.